The highest BCUT2D eigenvalue weighted by atomic mass is 15.2. The third-order valence-electron chi connectivity index (χ3n) is 3.75. The zero-order chi connectivity index (χ0) is 13.7. The van der Waals surface area contributed by atoms with Gasteiger partial charge in [-0.25, -0.2) is 4.98 Å². The van der Waals surface area contributed by atoms with Gasteiger partial charge in [0.1, 0.15) is 5.65 Å². The molecule has 0 amide bonds. The van der Waals surface area contributed by atoms with Gasteiger partial charge < -0.3 is 4.98 Å². The average Bonchev–Trinajstić information content (AvgIpc) is 3.05. The molecule has 1 aromatic carbocycles. The SMILES string of the molecule is Cc1c[nH]c2ncc3ccc(-c4cnn(C)c4)cc3c12. The fraction of sp³-hybridized carbons (Fsp3) is 0.125. The Balaban J connectivity index is 2.06. The van der Waals surface area contributed by atoms with Gasteiger partial charge in [0.25, 0.3) is 0 Å². The number of rotatable bonds is 1. The number of nitrogens with zero attached hydrogens (tertiary/aromatic N) is 3. The van der Waals surface area contributed by atoms with Gasteiger partial charge in [0, 0.05) is 42.0 Å². The number of hydrogen-bond donors (Lipinski definition) is 1. The second-order valence-corrected chi connectivity index (χ2v) is 5.16. The summed E-state index contributed by atoms with van der Waals surface area (Å²) in [6.45, 7) is 2.11. The second-order valence-electron chi connectivity index (χ2n) is 5.16. The molecule has 0 fully saturated rings. The minimum Gasteiger partial charge on any atom is -0.346 e. The number of pyridine rings is 1. The molecule has 3 aromatic heterocycles. The second kappa shape index (κ2) is 3.93. The first-order valence-corrected chi connectivity index (χ1v) is 6.58. The molecule has 1 N–H and O–H groups in total. The van der Waals surface area contributed by atoms with Gasteiger partial charge in [-0.3, -0.25) is 4.68 Å². The summed E-state index contributed by atoms with van der Waals surface area (Å²) in [7, 11) is 1.93. The van der Waals surface area contributed by atoms with E-state index in [2.05, 4.69) is 40.2 Å². The third-order valence-corrected chi connectivity index (χ3v) is 3.75. The first-order valence-electron chi connectivity index (χ1n) is 6.58. The molecule has 0 atom stereocenters. The van der Waals surface area contributed by atoms with Gasteiger partial charge in [0.2, 0.25) is 0 Å². The minimum atomic E-state index is 0.943. The summed E-state index contributed by atoms with van der Waals surface area (Å²) < 4.78 is 1.82. The summed E-state index contributed by atoms with van der Waals surface area (Å²) in [6, 6.07) is 6.46. The molecule has 0 spiro atoms. The number of aryl methyl sites for hydroxylation is 2. The zero-order valence-electron chi connectivity index (χ0n) is 11.4. The van der Waals surface area contributed by atoms with E-state index in [1.807, 2.05) is 36.5 Å². The zero-order valence-corrected chi connectivity index (χ0v) is 11.4. The summed E-state index contributed by atoms with van der Waals surface area (Å²) in [5, 5.41) is 7.83. The van der Waals surface area contributed by atoms with Crippen LogP contribution in [0.5, 0.6) is 0 Å². The summed E-state index contributed by atoms with van der Waals surface area (Å²) >= 11 is 0. The van der Waals surface area contributed by atoms with E-state index >= 15 is 0 Å². The van der Waals surface area contributed by atoms with Crippen molar-refractivity contribution in [1.29, 1.82) is 0 Å². The van der Waals surface area contributed by atoms with E-state index < -0.39 is 0 Å². The fourth-order valence-corrected chi connectivity index (χ4v) is 2.72. The van der Waals surface area contributed by atoms with Crippen molar-refractivity contribution in [1.82, 2.24) is 19.7 Å². The first-order chi connectivity index (χ1) is 9.72. The predicted octanol–water partition coefficient (Wildman–Crippen LogP) is 3.43. The topological polar surface area (TPSA) is 46.5 Å². The van der Waals surface area contributed by atoms with Crippen LogP contribution in [-0.2, 0) is 7.05 Å². The van der Waals surface area contributed by atoms with Gasteiger partial charge in [0.15, 0.2) is 0 Å². The van der Waals surface area contributed by atoms with Crippen LogP contribution in [-0.4, -0.2) is 19.7 Å². The van der Waals surface area contributed by atoms with Crippen molar-refractivity contribution in [3.63, 3.8) is 0 Å². The van der Waals surface area contributed by atoms with Gasteiger partial charge in [-0.05, 0) is 29.5 Å². The Bertz CT molecular complexity index is 930. The van der Waals surface area contributed by atoms with E-state index in [1.54, 1.807) is 0 Å². The average molecular weight is 262 g/mol. The molecule has 4 heteroatoms. The molecule has 3 heterocycles. The van der Waals surface area contributed by atoms with Gasteiger partial charge >= 0.3 is 0 Å². The van der Waals surface area contributed by atoms with Crippen molar-refractivity contribution in [2.75, 3.05) is 0 Å². The molecule has 20 heavy (non-hydrogen) atoms. The van der Waals surface area contributed by atoms with Crippen LogP contribution in [0.2, 0.25) is 0 Å². The lowest BCUT2D eigenvalue weighted by atomic mass is 10.0. The molecule has 0 unspecified atom stereocenters. The lowest BCUT2D eigenvalue weighted by Crippen LogP contribution is -1.84. The van der Waals surface area contributed by atoms with Crippen molar-refractivity contribution >= 4 is 21.8 Å². The molecule has 4 rings (SSSR count). The van der Waals surface area contributed by atoms with E-state index in [4.69, 9.17) is 0 Å². The molecule has 0 aliphatic heterocycles. The highest BCUT2D eigenvalue weighted by Crippen LogP contribution is 2.30. The van der Waals surface area contributed by atoms with Gasteiger partial charge in [-0.1, -0.05) is 12.1 Å². The number of aromatic nitrogens is 4. The van der Waals surface area contributed by atoms with Crippen LogP contribution in [0.4, 0.5) is 0 Å². The summed E-state index contributed by atoms with van der Waals surface area (Å²) in [4.78, 5) is 7.68. The molecule has 98 valence electrons. The largest absolute Gasteiger partial charge is 0.346 e. The van der Waals surface area contributed by atoms with E-state index in [1.165, 1.54) is 21.9 Å². The van der Waals surface area contributed by atoms with Crippen molar-refractivity contribution in [3.8, 4) is 11.1 Å². The lowest BCUT2D eigenvalue weighted by molar-refractivity contribution is 0.768. The lowest BCUT2D eigenvalue weighted by Gasteiger charge is -2.04. The first kappa shape index (κ1) is 11.2. The smallest absolute Gasteiger partial charge is 0.138 e. The van der Waals surface area contributed by atoms with Crippen LogP contribution in [0.1, 0.15) is 5.56 Å². The molecule has 0 bridgehead atoms. The highest BCUT2D eigenvalue weighted by Gasteiger charge is 2.08. The number of hydrogen-bond acceptors (Lipinski definition) is 2. The molecule has 0 aliphatic rings. The van der Waals surface area contributed by atoms with Crippen LogP contribution in [0.15, 0.2) is 43.0 Å². The maximum Gasteiger partial charge on any atom is 0.138 e. The summed E-state index contributed by atoms with van der Waals surface area (Å²) in [5.74, 6) is 0. The Labute approximate surface area is 116 Å². The van der Waals surface area contributed by atoms with E-state index in [9.17, 15) is 0 Å². The van der Waals surface area contributed by atoms with Crippen molar-refractivity contribution in [2.24, 2.45) is 7.05 Å². The minimum absolute atomic E-state index is 0.943. The quantitative estimate of drug-likeness (QED) is 0.571. The molecule has 4 aromatic rings. The van der Waals surface area contributed by atoms with Crippen LogP contribution in [0.3, 0.4) is 0 Å². The molecule has 0 radical (unpaired) electrons. The molecule has 0 saturated heterocycles. The van der Waals surface area contributed by atoms with Gasteiger partial charge in [-0.15, -0.1) is 0 Å². The van der Waals surface area contributed by atoms with Crippen LogP contribution in [0.25, 0.3) is 32.9 Å². The van der Waals surface area contributed by atoms with Crippen LogP contribution in [0, 0.1) is 6.92 Å². The molecule has 4 nitrogen and oxygen atoms in total. The Kier molecular flexibility index (Phi) is 2.21. The van der Waals surface area contributed by atoms with E-state index in [0.29, 0.717) is 0 Å². The third kappa shape index (κ3) is 1.54. The normalized spacial score (nSPS) is 11.5. The molecular formula is C16H14N4. The van der Waals surface area contributed by atoms with Crippen molar-refractivity contribution < 1.29 is 0 Å². The molecule has 0 aliphatic carbocycles. The predicted molar refractivity (Wildman–Crippen MR) is 80.5 cm³/mol. The number of aromatic amines is 1. The van der Waals surface area contributed by atoms with Crippen LogP contribution < -0.4 is 0 Å². The summed E-state index contributed by atoms with van der Waals surface area (Å²) in [6.07, 6.45) is 7.85. The van der Waals surface area contributed by atoms with Crippen molar-refractivity contribution in [3.05, 3.63) is 48.5 Å². The maximum absolute atomic E-state index is 4.46. The Morgan fingerprint density at radius 2 is 2.05 bits per heavy atom. The highest BCUT2D eigenvalue weighted by molar-refractivity contribution is 6.07. The fourth-order valence-electron chi connectivity index (χ4n) is 2.72. The number of benzene rings is 1. The molecule has 0 saturated carbocycles. The number of fused-ring (bicyclic) bond motifs is 3. The monoisotopic (exact) mass is 262 g/mol. The van der Waals surface area contributed by atoms with Gasteiger partial charge in [-0.2, -0.15) is 5.10 Å². The standard InChI is InChI=1S/C16H14N4/c1-10-6-17-16-15(10)14-5-11(3-4-12(14)7-18-16)13-8-19-20(2)9-13/h3-9H,1-2H3,(H,17,18). The Morgan fingerprint density at radius 3 is 2.85 bits per heavy atom. The van der Waals surface area contributed by atoms with Crippen molar-refractivity contribution in [2.45, 2.75) is 6.92 Å². The molecular weight excluding hydrogens is 248 g/mol. The van der Waals surface area contributed by atoms with E-state index in [0.717, 1.165) is 16.6 Å². The van der Waals surface area contributed by atoms with Crippen LogP contribution >= 0.6 is 0 Å². The van der Waals surface area contributed by atoms with E-state index in [-0.39, 0.29) is 0 Å². The Morgan fingerprint density at radius 1 is 1.15 bits per heavy atom. The number of H-pyrrole nitrogens is 1. The number of nitrogens with one attached hydrogen (secondary N) is 1. The Hall–Kier alpha value is -2.62. The maximum atomic E-state index is 4.46. The van der Waals surface area contributed by atoms with Gasteiger partial charge in [0.05, 0.1) is 6.20 Å². The summed E-state index contributed by atoms with van der Waals surface area (Å²) in [5.41, 5.74) is 4.48.